The number of hydrogen-bond donors (Lipinski definition) is 1. The summed E-state index contributed by atoms with van der Waals surface area (Å²) in [6, 6.07) is 6.82. The van der Waals surface area contributed by atoms with Gasteiger partial charge in [0, 0.05) is 18.3 Å². The minimum absolute atomic E-state index is 0.0986. The predicted octanol–water partition coefficient (Wildman–Crippen LogP) is 4.07. The van der Waals surface area contributed by atoms with Crippen LogP contribution in [0.2, 0.25) is 0 Å². The van der Waals surface area contributed by atoms with Crippen LogP contribution in [0.5, 0.6) is 0 Å². The lowest BCUT2D eigenvalue weighted by atomic mass is 10.00. The third-order valence-corrected chi connectivity index (χ3v) is 4.99. The Labute approximate surface area is 169 Å². The molecule has 29 heavy (non-hydrogen) atoms. The van der Waals surface area contributed by atoms with E-state index in [4.69, 9.17) is 4.74 Å². The highest BCUT2D eigenvalue weighted by atomic mass is 16.6. The molecule has 9 nitrogen and oxygen atoms in total. The lowest BCUT2D eigenvalue weighted by Gasteiger charge is -2.35. The van der Waals surface area contributed by atoms with E-state index in [2.05, 4.69) is 22.2 Å². The van der Waals surface area contributed by atoms with Crippen LogP contribution < -0.4 is 10.2 Å². The summed E-state index contributed by atoms with van der Waals surface area (Å²) in [6.45, 7) is 4.81. The summed E-state index contributed by atoms with van der Waals surface area (Å²) >= 11 is 0. The molecule has 1 unspecified atom stereocenters. The maximum Gasteiger partial charge on any atom is 0.353 e. The van der Waals surface area contributed by atoms with Crippen molar-refractivity contribution in [3.8, 4) is 0 Å². The van der Waals surface area contributed by atoms with Crippen molar-refractivity contribution in [1.29, 1.82) is 0 Å². The fourth-order valence-electron chi connectivity index (χ4n) is 3.62. The van der Waals surface area contributed by atoms with Crippen molar-refractivity contribution in [1.82, 2.24) is 9.97 Å². The SMILES string of the molecule is CCOC(=O)c1cccc(Nc2ncnc(N3CCCCC3CC)c2[N+](=O)[O-])c1. The molecule has 3 rings (SSSR count). The fourth-order valence-corrected chi connectivity index (χ4v) is 3.62. The van der Waals surface area contributed by atoms with Crippen LogP contribution in [0.3, 0.4) is 0 Å². The number of carbonyl (C=O) groups excluding carboxylic acids is 1. The number of aromatic nitrogens is 2. The van der Waals surface area contributed by atoms with Gasteiger partial charge < -0.3 is 15.0 Å². The molecule has 0 amide bonds. The monoisotopic (exact) mass is 399 g/mol. The second-order valence-corrected chi connectivity index (χ2v) is 6.83. The van der Waals surface area contributed by atoms with Crippen molar-refractivity contribution < 1.29 is 14.5 Å². The molecular weight excluding hydrogens is 374 g/mol. The van der Waals surface area contributed by atoms with Crippen LogP contribution in [-0.2, 0) is 4.74 Å². The number of nitrogens with zero attached hydrogens (tertiary/aromatic N) is 4. The van der Waals surface area contributed by atoms with Gasteiger partial charge in [-0.2, -0.15) is 0 Å². The average molecular weight is 399 g/mol. The van der Waals surface area contributed by atoms with Crippen LogP contribution in [0.1, 0.15) is 49.9 Å². The van der Waals surface area contributed by atoms with Gasteiger partial charge in [0.2, 0.25) is 11.6 Å². The Hall–Kier alpha value is -3.23. The molecule has 2 heterocycles. The largest absolute Gasteiger partial charge is 0.462 e. The second-order valence-electron chi connectivity index (χ2n) is 6.83. The first-order valence-electron chi connectivity index (χ1n) is 9.85. The highest BCUT2D eigenvalue weighted by molar-refractivity contribution is 5.91. The molecule has 1 fully saturated rings. The van der Waals surface area contributed by atoms with Gasteiger partial charge in [-0.1, -0.05) is 13.0 Å². The van der Waals surface area contributed by atoms with Crippen LogP contribution in [0.25, 0.3) is 0 Å². The molecule has 0 saturated carbocycles. The van der Waals surface area contributed by atoms with Crippen molar-refractivity contribution in [2.24, 2.45) is 0 Å². The highest BCUT2D eigenvalue weighted by Gasteiger charge is 2.31. The number of ether oxygens (including phenoxy) is 1. The van der Waals surface area contributed by atoms with Gasteiger partial charge in [0.15, 0.2) is 0 Å². The number of hydrogen-bond acceptors (Lipinski definition) is 8. The zero-order chi connectivity index (χ0) is 20.8. The lowest BCUT2D eigenvalue weighted by Crippen LogP contribution is -2.40. The molecule has 154 valence electrons. The summed E-state index contributed by atoms with van der Waals surface area (Å²) in [4.78, 5) is 33.8. The summed E-state index contributed by atoms with van der Waals surface area (Å²) in [5, 5.41) is 14.9. The van der Waals surface area contributed by atoms with E-state index in [1.165, 1.54) is 6.33 Å². The van der Waals surface area contributed by atoms with Crippen molar-refractivity contribution in [3.05, 3.63) is 46.3 Å². The molecule has 1 aromatic heterocycles. The van der Waals surface area contributed by atoms with E-state index < -0.39 is 10.9 Å². The Morgan fingerprint density at radius 3 is 2.90 bits per heavy atom. The van der Waals surface area contributed by atoms with Crippen molar-refractivity contribution >= 4 is 29.0 Å². The Bertz CT molecular complexity index is 889. The number of benzene rings is 1. The average Bonchev–Trinajstić information content (AvgIpc) is 2.73. The van der Waals surface area contributed by atoms with E-state index in [-0.39, 0.29) is 24.2 Å². The number of carbonyl (C=O) groups is 1. The van der Waals surface area contributed by atoms with Gasteiger partial charge in [-0.15, -0.1) is 0 Å². The van der Waals surface area contributed by atoms with Crippen LogP contribution in [0, 0.1) is 10.1 Å². The smallest absolute Gasteiger partial charge is 0.353 e. The first kappa shape index (κ1) is 20.5. The third-order valence-electron chi connectivity index (χ3n) is 4.99. The number of esters is 1. The third kappa shape index (κ3) is 4.61. The molecule has 1 atom stereocenters. The molecule has 0 spiro atoms. The molecule has 9 heteroatoms. The first-order valence-corrected chi connectivity index (χ1v) is 9.85. The summed E-state index contributed by atoms with van der Waals surface area (Å²) in [6.07, 6.45) is 5.30. The maximum atomic E-state index is 12.0. The van der Waals surface area contributed by atoms with Gasteiger partial charge in [0.05, 0.1) is 17.1 Å². The van der Waals surface area contributed by atoms with E-state index in [0.29, 0.717) is 17.1 Å². The van der Waals surface area contributed by atoms with Crippen molar-refractivity contribution in [2.75, 3.05) is 23.4 Å². The maximum absolute atomic E-state index is 12.0. The van der Waals surface area contributed by atoms with Gasteiger partial charge in [0.1, 0.15) is 6.33 Å². The van der Waals surface area contributed by atoms with Crippen LogP contribution in [-0.4, -0.2) is 40.1 Å². The van der Waals surface area contributed by atoms with Crippen LogP contribution >= 0.6 is 0 Å². The number of anilines is 3. The standard InChI is InChI=1S/C20H25N5O4/c1-3-16-10-5-6-11-24(16)19-17(25(27)28)18(21-13-22-19)23-15-9-7-8-14(12-15)20(26)29-4-2/h7-9,12-13,16H,3-6,10-11H2,1-2H3,(H,21,22,23). The zero-order valence-electron chi connectivity index (χ0n) is 16.6. The number of nitrogens with one attached hydrogen (secondary N) is 1. The molecule has 0 radical (unpaired) electrons. The predicted molar refractivity (Wildman–Crippen MR) is 110 cm³/mol. The minimum Gasteiger partial charge on any atom is -0.462 e. The lowest BCUT2D eigenvalue weighted by molar-refractivity contribution is -0.383. The highest BCUT2D eigenvalue weighted by Crippen LogP contribution is 2.37. The zero-order valence-corrected chi connectivity index (χ0v) is 16.6. The molecule has 1 saturated heterocycles. The summed E-state index contributed by atoms with van der Waals surface area (Å²) in [5.74, 6) is -0.0184. The number of piperidine rings is 1. The minimum atomic E-state index is -0.451. The molecule has 0 aliphatic carbocycles. The van der Waals surface area contributed by atoms with Gasteiger partial charge in [-0.25, -0.2) is 14.8 Å². The molecule has 1 N–H and O–H groups in total. The molecule has 2 aromatic rings. The van der Waals surface area contributed by atoms with Crippen molar-refractivity contribution in [2.45, 2.75) is 45.6 Å². The molecule has 1 aliphatic rings. The second kappa shape index (κ2) is 9.31. The van der Waals surface area contributed by atoms with E-state index >= 15 is 0 Å². The Kier molecular flexibility index (Phi) is 6.58. The number of nitro groups is 1. The van der Waals surface area contributed by atoms with Gasteiger partial charge in [-0.3, -0.25) is 10.1 Å². The Balaban J connectivity index is 1.95. The van der Waals surface area contributed by atoms with E-state index in [0.717, 1.165) is 32.2 Å². The molecular formula is C20H25N5O4. The van der Waals surface area contributed by atoms with Gasteiger partial charge in [0.25, 0.3) is 0 Å². The molecule has 0 bridgehead atoms. The first-order chi connectivity index (χ1) is 14.0. The Morgan fingerprint density at radius 2 is 2.17 bits per heavy atom. The van der Waals surface area contributed by atoms with Gasteiger partial charge in [-0.05, 0) is 50.8 Å². The Morgan fingerprint density at radius 1 is 1.34 bits per heavy atom. The molecule has 1 aliphatic heterocycles. The van der Waals surface area contributed by atoms with Crippen molar-refractivity contribution in [3.63, 3.8) is 0 Å². The normalized spacial score (nSPS) is 16.3. The number of rotatable bonds is 7. The van der Waals surface area contributed by atoms with E-state index in [1.807, 2.05) is 4.90 Å². The summed E-state index contributed by atoms with van der Waals surface area (Å²) in [7, 11) is 0. The van der Waals surface area contributed by atoms with E-state index in [9.17, 15) is 14.9 Å². The van der Waals surface area contributed by atoms with Crippen LogP contribution in [0.4, 0.5) is 23.0 Å². The summed E-state index contributed by atoms with van der Waals surface area (Å²) in [5.41, 5.74) is 0.708. The van der Waals surface area contributed by atoms with Crippen LogP contribution in [0.15, 0.2) is 30.6 Å². The quantitative estimate of drug-likeness (QED) is 0.421. The molecule has 1 aromatic carbocycles. The fraction of sp³-hybridized carbons (Fsp3) is 0.450. The van der Waals surface area contributed by atoms with Gasteiger partial charge >= 0.3 is 11.7 Å². The van der Waals surface area contributed by atoms with E-state index in [1.54, 1.807) is 31.2 Å². The summed E-state index contributed by atoms with van der Waals surface area (Å²) < 4.78 is 5.01. The topological polar surface area (TPSA) is 110 Å².